The summed E-state index contributed by atoms with van der Waals surface area (Å²) >= 11 is 0. The van der Waals surface area contributed by atoms with Gasteiger partial charge < -0.3 is 4.74 Å². The highest BCUT2D eigenvalue weighted by Gasteiger charge is 2.89. The van der Waals surface area contributed by atoms with Gasteiger partial charge in [-0.15, -0.1) is 0 Å². The van der Waals surface area contributed by atoms with Crippen LogP contribution in [-0.2, 0) is 4.74 Å². The van der Waals surface area contributed by atoms with Crippen molar-refractivity contribution in [1.29, 1.82) is 0 Å². The summed E-state index contributed by atoms with van der Waals surface area (Å²) in [5.41, 5.74) is 0. The molecule has 0 spiro atoms. The largest absolute Gasteiger partial charge is 0.415 e. The fraction of sp³-hybridized carbons (Fsp3) is 1.00. The predicted octanol–water partition coefficient (Wildman–Crippen LogP) is 3.40. The van der Waals surface area contributed by atoms with Crippen LogP contribution in [-0.4, -0.2) is 36.4 Å². The fourth-order valence-electron chi connectivity index (χ4n) is 2.44. The summed E-state index contributed by atoms with van der Waals surface area (Å²) in [4.78, 5) is 0. The fourth-order valence-corrected chi connectivity index (χ4v) is 2.44. The van der Waals surface area contributed by atoms with Gasteiger partial charge in [0.25, 0.3) is 0 Å². The summed E-state index contributed by atoms with van der Waals surface area (Å²) in [7, 11) is 0. The van der Waals surface area contributed by atoms with Gasteiger partial charge in [-0.25, -0.2) is 0 Å². The van der Waals surface area contributed by atoms with Crippen molar-refractivity contribution in [2.75, 3.05) is 0 Å². The summed E-state index contributed by atoms with van der Waals surface area (Å²) < 4.78 is 129. The molecule has 0 N–H and O–H groups in total. The highest BCUT2D eigenvalue weighted by Crippen LogP contribution is 2.68. The van der Waals surface area contributed by atoms with Gasteiger partial charge >= 0.3 is 24.2 Å². The minimum Gasteiger partial charge on any atom is -0.355 e. The van der Waals surface area contributed by atoms with Gasteiger partial charge in [-0.3, -0.25) is 0 Å². The first-order valence-electron chi connectivity index (χ1n) is 4.77. The third-order valence-electron chi connectivity index (χ3n) is 3.26. The Labute approximate surface area is 98.1 Å². The van der Waals surface area contributed by atoms with Gasteiger partial charge in [-0.2, -0.15) is 43.9 Å². The Morgan fingerprint density at radius 2 is 0.895 bits per heavy atom. The summed E-state index contributed by atoms with van der Waals surface area (Å²) in [5, 5.41) is 0. The molecular formula is C8H4F10O. The van der Waals surface area contributed by atoms with E-state index in [0.717, 1.165) is 0 Å². The van der Waals surface area contributed by atoms with Crippen molar-refractivity contribution in [3.8, 4) is 0 Å². The topological polar surface area (TPSA) is 9.23 Å². The van der Waals surface area contributed by atoms with E-state index in [4.69, 9.17) is 0 Å². The molecule has 1 aliphatic heterocycles. The Morgan fingerprint density at radius 3 is 1.11 bits per heavy atom. The zero-order valence-corrected chi connectivity index (χ0v) is 8.50. The van der Waals surface area contributed by atoms with Crippen molar-refractivity contribution in [2.45, 2.75) is 36.4 Å². The molecule has 0 aromatic rings. The molecule has 11 heteroatoms. The van der Waals surface area contributed by atoms with E-state index in [2.05, 4.69) is 4.74 Å². The van der Waals surface area contributed by atoms with E-state index in [1.807, 2.05) is 0 Å². The van der Waals surface area contributed by atoms with Crippen molar-refractivity contribution in [1.82, 2.24) is 0 Å². The first-order valence-corrected chi connectivity index (χ1v) is 4.77. The Hall–Kier alpha value is -0.740. The molecule has 2 aliphatic rings. The second-order valence-corrected chi connectivity index (χ2v) is 4.36. The van der Waals surface area contributed by atoms with Gasteiger partial charge in [0.2, 0.25) is 0 Å². The smallest absolute Gasteiger partial charge is 0.355 e. The molecule has 0 radical (unpaired) electrons. The summed E-state index contributed by atoms with van der Waals surface area (Å²) in [6, 6.07) is 0. The van der Waals surface area contributed by atoms with Gasteiger partial charge in [0.15, 0.2) is 12.2 Å². The van der Waals surface area contributed by atoms with Crippen LogP contribution < -0.4 is 0 Å². The zero-order valence-electron chi connectivity index (χ0n) is 8.50. The molecule has 19 heavy (non-hydrogen) atoms. The van der Waals surface area contributed by atoms with Crippen LogP contribution in [0.1, 0.15) is 0 Å². The van der Waals surface area contributed by atoms with E-state index < -0.39 is 48.2 Å². The maximum absolute atomic E-state index is 12.9. The number of hydrogen-bond donors (Lipinski definition) is 0. The SMILES string of the molecule is FC(F)(F)[C@@H]1O[C@H](C(F)(F)F)C2C1C(F)(F)C2(F)F. The minimum absolute atomic E-state index is 3.23. The number of alkyl halides is 10. The maximum Gasteiger partial charge on any atom is 0.415 e. The normalized spacial score (nSPS) is 40.7. The van der Waals surface area contributed by atoms with Gasteiger partial charge in [-0.05, 0) is 0 Å². The van der Waals surface area contributed by atoms with Crippen LogP contribution in [0.5, 0.6) is 0 Å². The van der Waals surface area contributed by atoms with Gasteiger partial charge in [0.05, 0.1) is 11.8 Å². The number of halogens is 10. The molecule has 1 saturated carbocycles. The Morgan fingerprint density at radius 1 is 0.632 bits per heavy atom. The standard InChI is InChI=1S/C8H4F10O/c9-5(10)1-2(6(5,11)12)4(8(16,17)18)19-3(1)7(13,14)15/h1-4H/t1?,2?,3-,4+. The molecule has 4 atom stereocenters. The Bertz CT molecular complexity index is 346. The number of ether oxygens (including phenoxy) is 1. The molecule has 2 fully saturated rings. The third-order valence-corrected chi connectivity index (χ3v) is 3.26. The molecule has 1 saturated heterocycles. The molecule has 1 nitrogen and oxygen atoms in total. The lowest BCUT2D eigenvalue weighted by molar-refractivity contribution is -0.368. The molecule has 0 aromatic carbocycles. The second kappa shape index (κ2) is 3.47. The molecule has 0 bridgehead atoms. The van der Waals surface area contributed by atoms with Crippen LogP contribution >= 0.6 is 0 Å². The van der Waals surface area contributed by atoms with Gasteiger partial charge in [-0.1, -0.05) is 0 Å². The van der Waals surface area contributed by atoms with Gasteiger partial charge in [0.1, 0.15) is 0 Å². The van der Waals surface area contributed by atoms with E-state index in [-0.39, 0.29) is 0 Å². The molecule has 2 rings (SSSR count). The van der Waals surface area contributed by atoms with E-state index >= 15 is 0 Å². The molecule has 2 unspecified atom stereocenters. The quantitative estimate of drug-likeness (QED) is 0.623. The summed E-state index contributed by atoms with van der Waals surface area (Å²) in [6.07, 6.45) is -18.3. The van der Waals surface area contributed by atoms with Crippen LogP contribution in [0.25, 0.3) is 0 Å². The number of rotatable bonds is 0. The van der Waals surface area contributed by atoms with E-state index in [0.29, 0.717) is 0 Å². The summed E-state index contributed by atoms with van der Waals surface area (Å²) in [6.45, 7) is 0. The lowest BCUT2D eigenvalue weighted by Crippen LogP contribution is -2.70. The second-order valence-electron chi connectivity index (χ2n) is 4.36. The van der Waals surface area contributed by atoms with Crippen molar-refractivity contribution in [3.63, 3.8) is 0 Å². The van der Waals surface area contributed by atoms with Crippen molar-refractivity contribution >= 4 is 0 Å². The van der Waals surface area contributed by atoms with Crippen LogP contribution in [0.15, 0.2) is 0 Å². The minimum atomic E-state index is -5.58. The summed E-state index contributed by atoms with van der Waals surface area (Å²) in [5.74, 6) is -16.8. The van der Waals surface area contributed by atoms with Crippen molar-refractivity contribution in [2.24, 2.45) is 11.8 Å². The molecule has 0 amide bonds. The van der Waals surface area contributed by atoms with Crippen molar-refractivity contribution in [3.05, 3.63) is 0 Å². The zero-order chi connectivity index (χ0) is 15.0. The lowest BCUT2D eigenvalue weighted by Gasteiger charge is -2.49. The molecule has 0 aromatic heterocycles. The Balaban J connectivity index is 2.42. The van der Waals surface area contributed by atoms with Crippen LogP contribution in [0.3, 0.4) is 0 Å². The number of fused-ring (bicyclic) bond motifs is 1. The molecule has 1 aliphatic carbocycles. The van der Waals surface area contributed by atoms with Crippen LogP contribution in [0, 0.1) is 11.8 Å². The maximum atomic E-state index is 12.9. The average Bonchev–Trinajstić information content (AvgIpc) is 2.54. The van der Waals surface area contributed by atoms with Crippen LogP contribution in [0.2, 0.25) is 0 Å². The van der Waals surface area contributed by atoms with E-state index in [9.17, 15) is 43.9 Å². The number of hydrogen-bond acceptors (Lipinski definition) is 1. The first-order chi connectivity index (χ1) is 8.22. The highest BCUT2D eigenvalue weighted by atomic mass is 19.4. The Kier molecular flexibility index (Phi) is 2.68. The predicted molar refractivity (Wildman–Crippen MR) is 37.6 cm³/mol. The average molecular weight is 306 g/mol. The first kappa shape index (κ1) is 14.7. The van der Waals surface area contributed by atoms with E-state index in [1.165, 1.54) is 0 Å². The van der Waals surface area contributed by atoms with Crippen molar-refractivity contribution < 1.29 is 48.6 Å². The third kappa shape index (κ3) is 1.73. The van der Waals surface area contributed by atoms with Gasteiger partial charge in [0, 0.05) is 0 Å². The molecule has 112 valence electrons. The van der Waals surface area contributed by atoms with Crippen LogP contribution in [0.4, 0.5) is 43.9 Å². The van der Waals surface area contributed by atoms with E-state index in [1.54, 1.807) is 0 Å². The highest BCUT2D eigenvalue weighted by molar-refractivity contribution is 5.20. The lowest BCUT2D eigenvalue weighted by atomic mass is 9.63. The molecular weight excluding hydrogens is 302 g/mol. The monoisotopic (exact) mass is 306 g/mol. The molecule has 1 heterocycles.